The van der Waals surface area contributed by atoms with E-state index in [0.717, 1.165) is 51.4 Å². The summed E-state index contributed by atoms with van der Waals surface area (Å²) >= 11 is 45.4. The number of likely N-dealkylation sites (tertiary alicyclic amines) is 2. The fraction of sp³-hybridized carbons (Fsp3) is 0.717. The number of ether oxygens (including phenoxy) is 3. The number of fused-ring (bicyclic) bond motifs is 1. The van der Waals surface area contributed by atoms with Crippen molar-refractivity contribution in [2.24, 2.45) is 0 Å². The topological polar surface area (TPSA) is 107 Å². The number of nitrogens with zero attached hydrogens (tertiary/aromatic N) is 3. The number of hydrogen-bond donors (Lipinski definition) is 5. The van der Waals surface area contributed by atoms with Crippen LogP contribution in [-0.2, 0) is 71.6 Å². The third-order valence-electron chi connectivity index (χ3n) is 8.30. The normalized spacial score (nSPS) is 13.4. The summed E-state index contributed by atoms with van der Waals surface area (Å²) in [5, 5.41) is 14.9. The van der Waals surface area contributed by atoms with Crippen LogP contribution in [0.2, 0.25) is 0 Å². The van der Waals surface area contributed by atoms with Crippen LogP contribution in [0, 0.1) is 0 Å². The average Bonchev–Trinajstić information content (AvgIpc) is 3.92. The minimum Gasteiger partial charge on any atom is -0.511 e. The Morgan fingerprint density at radius 3 is 1.39 bits per heavy atom. The largest absolute Gasteiger partial charge is 2.00 e. The number of thiocarbonyl (C=S) groups is 6. The Hall–Kier alpha value is 0.443. The molecule has 1 aromatic carbocycles. The van der Waals surface area contributed by atoms with E-state index in [4.69, 9.17) is 50.9 Å². The van der Waals surface area contributed by atoms with E-state index < -0.39 is 0 Å². The number of aromatic nitrogens is 1. The maximum absolute atomic E-state index is 5.55. The van der Waals surface area contributed by atoms with E-state index in [1.54, 1.807) is 23.3 Å². The second-order valence-electron chi connectivity index (χ2n) is 17.1. The van der Waals surface area contributed by atoms with Gasteiger partial charge in [-0.2, -0.15) is 0 Å². The fourth-order valence-corrected chi connectivity index (χ4v) is 9.00. The van der Waals surface area contributed by atoms with Gasteiger partial charge in [0.05, 0.1) is 28.5 Å². The van der Waals surface area contributed by atoms with Crippen LogP contribution in [0.15, 0.2) is 28.6 Å². The van der Waals surface area contributed by atoms with Crippen molar-refractivity contribution in [2.75, 3.05) is 52.4 Å². The molecule has 70 heavy (non-hydrogen) atoms. The SMILES string of the molecule is CC(C)(C)NSc1nc2ccccc2s1.CC(C)OC(=S)[S-].CC(C)OC(=S)[S-].CC(C)OC(=S)[S-].CCCCNC(=S)NCCCC.S=C(N1CCCCC1)N1CCCCC1.S=C1NCCN1.[Na+].[Zn+2]. The summed E-state index contributed by atoms with van der Waals surface area (Å²) in [6.07, 6.45) is 13.3. The molecule has 2 aromatic rings. The third-order valence-corrected chi connectivity index (χ3v) is 12.3. The number of para-hydroxylation sites is 1. The Morgan fingerprint density at radius 1 is 0.714 bits per heavy atom. The van der Waals surface area contributed by atoms with Gasteiger partial charge in [-0.25, -0.2) is 4.98 Å². The monoisotopic (exact) mass is 1230 g/mol. The molecule has 0 aliphatic carbocycles. The minimum atomic E-state index is 0. The second-order valence-corrected chi connectivity index (χ2v) is 23.4. The first kappa shape index (κ1) is 76.9. The van der Waals surface area contributed by atoms with Gasteiger partial charge in [-0.05, 0) is 174 Å². The molecule has 0 radical (unpaired) electrons. The number of piperidine rings is 2. The summed E-state index contributed by atoms with van der Waals surface area (Å²) in [4.78, 5) is 9.35. The third kappa shape index (κ3) is 50.6. The average molecular weight is 1240 g/mol. The molecule has 0 spiro atoms. The fourth-order valence-electron chi connectivity index (χ4n) is 5.27. The molecule has 3 aliphatic heterocycles. The molecule has 3 fully saturated rings. The number of rotatable bonds is 11. The van der Waals surface area contributed by atoms with Gasteiger partial charge < -0.3 is 120 Å². The molecule has 0 atom stereocenters. The van der Waals surface area contributed by atoms with E-state index in [1.807, 2.05) is 59.7 Å². The molecule has 11 nitrogen and oxygen atoms in total. The van der Waals surface area contributed by atoms with E-state index >= 15 is 0 Å². The summed E-state index contributed by atoms with van der Waals surface area (Å²) < 4.78 is 20.7. The van der Waals surface area contributed by atoms with Gasteiger partial charge in [-0.1, -0.05) is 38.8 Å². The predicted molar refractivity (Wildman–Crippen MR) is 327 cm³/mol. The zero-order valence-corrected chi connectivity index (χ0v) is 58.0. The number of thiazole rings is 1. The van der Waals surface area contributed by atoms with Gasteiger partial charge in [0.2, 0.25) is 0 Å². The summed E-state index contributed by atoms with van der Waals surface area (Å²) in [5.74, 6) is 0. The molecular weight excluding hydrogens is 1150 g/mol. The Kier molecular flexibility index (Phi) is 53.9. The number of nitrogens with one attached hydrogen (secondary N) is 5. The van der Waals surface area contributed by atoms with Crippen LogP contribution < -0.4 is 55.5 Å². The van der Waals surface area contributed by atoms with Crippen molar-refractivity contribution < 1.29 is 63.2 Å². The minimum absolute atomic E-state index is 0. The molecule has 1 aromatic heterocycles. The van der Waals surface area contributed by atoms with Gasteiger partial charge in [0, 0.05) is 71.0 Å². The molecule has 5 N–H and O–H groups in total. The van der Waals surface area contributed by atoms with E-state index in [0.29, 0.717) is 0 Å². The molecule has 0 saturated carbocycles. The summed E-state index contributed by atoms with van der Waals surface area (Å²) in [6.45, 7) is 30.8. The number of benzene rings is 1. The number of unbranched alkanes of at least 4 members (excludes halogenated alkanes) is 2. The van der Waals surface area contributed by atoms with Crippen LogP contribution >= 0.6 is 96.6 Å². The van der Waals surface area contributed by atoms with Gasteiger partial charge in [0.15, 0.2) is 19.7 Å². The molecule has 5 rings (SSSR count). The number of hydrogen-bond acceptors (Lipinski definition) is 16. The van der Waals surface area contributed by atoms with E-state index in [1.165, 1.54) is 95.1 Å². The predicted octanol–water partition coefficient (Wildman–Crippen LogP) is 8.18. The van der Waals surface area contributed by atoms with Crippen molar-refractivity contribution in [3.8, 4) is 0 Å². The summed E-state index contributed by atoms with van der Waals surface area (Å²) in [7, 11) is 0. The van der Waals surface area contributed by atoms with Crippen molar-refractivity contribution in [1.29, 1.82) is 0 Å². The van der Waals surface area contributed by atoms with Crippen molar-refractivity contribution in [1.82, 2.24) is 40.8 Å². The van der Waals surface area contributed by atoms with Crippen LogP contribution in [0.4, 0.5) is 0 Å². The smallest absolute Gasteiger partial charge is 0.511 e. The van der Waals surface area contributed by atoms with E-state index in [9.17, 15) is 0 Å². The van der Waals surface area contributed by atoms with Crippen LogP contribution in [0.3, 0.4) is 0 Å². The van der Waals surface area contributed by atoms with Crippen molar-refractivity contribution in [2.45, 2.75) is 169 Å². The second kappa shape index (κ2) is 49.0. The van der Waals surface area contributed by atoms with Crippen LogP contribution in [0.5, 0.6) is 0 Å². The van der Waals surface area contributed by atoms with Gasteiger partial charge in [0.25, 0.3) is 0 Å². The first-order valence-electron chi connectivity index (χ1n) is 23.5. The Labute approximate surface area is 516 Å². The summed E-state index contributed by atoms with van der Waals surface area (Å²) in [6, 6.07) is 8.22. The molecule has 24 heteroatoms. The van der Waals surface area contributed by atoms with E-state index in [-0.39, 0.29) is 86.0 Å². The molecule has 4 heterocycles. The quantitative estimate of drug-likeness (QED) is 0.0491. The van der Waals surface area contributed by atoms with Gasteiger partial charge in [-0.15, -0.1) is 11.3 Å². The molecule has 0 unspecified atom stereocenters. The van der Waals surface area contributed by atoms with Gasteiger partial charge >= 0.3 is 49.0 Å². The molecule has 0 amide bonds. The Bertz CT molecular complexity index is 1560. The van der Waals surface area contributed by atoms with E-state index in [2.05, 4.69) is 156 Å². The van der Waals surface area contributed by atoms with Crippen molar-refractivity contribution in [3.05, 3.63) is 24.3 Å². The maximum Gasteiger partial charge on any atom is 2.00 e. The molecule has 3 saturated heterocycles. The maximum atomic E-state index is 5.55. The zero-order chi connectivity index (χ0) is 51.9. The van der Waals surface area contributed by atoms with Gasteiger partial charge in [0.1, 0.15) is 0 Å². The Balaban J connectivity index is -0.000000372. The van der Waals surface area contributed by atoms with Crippen LogP contribution in [-0.4, -0.2) is 119 Å². The molecular formula is C46H81N8NaO3S11Zn. The zero-order valence-electron chi connectivity index (χ0n) is 44.0. The Morgan fingerprint density at radius 2 is 1.10 bits per heavy atom. The molecule has 392 valence electrons. The van der Waals surface area contributed by atoms with Crippen LogP contribution in [0.1, 0.15) is 140 Å². The first-order chi connectivity index (χ1) is 32.0. The molecule has 0 bridgehead atoms. The van der Waals surface area contributed by atoms with Crippen molar-refractivity contribution in [3.63, 3.8) is 0 Å². The molecule has 3 aliphatic rings. The first-order valence-corrected chi connectivity index (χ1v) is 28.8. The summed E-state index contributed by atoms with van der Waals surface area (Å²) in [5.41, 5.74) is 1.20. The van der Waals surface area contributed by atoms with Crippen LogP contribution in [0.25, 0.3) is 10.2 Å². The standard InChI is InChI=1S/C11H14N2S2.C11H20N2S.C9H20N2S.3C4H8OS2.C3H6N2S.Na.Zn/c1-11(2,3)13-15-10-12-8-6-4-5-7-9(8)14-10;14-11(12-7-3-1-4-8-12)13-9-5-2-6-10-13;1-3-5-7-10-9(12)11-8-6-4-2;3*1-3(2)5-4(6)7;6-3-4-1-2-5-3;;/h4-7,13H,1-3H3;1-10H2;3-8H2,1-2H3,(H2,10,11,12);3*3H,1-2H3,(H,6,7);1-2H2,(H2,4,5,6);;/q;;;;;;;+1;+2/p-3. The van der Waals surface area contributed by atoms with Crippen molar-refractivity contribution >= 4 is 173 Å². The van der Waals surface area contributed by atoms with Gasteiger partial charge in [-0.3, -0.25) is 4.72 Å².